The van der Waals surface area contributed by atoms with Gasteiger partial charge in [-0.15, -0.1) is 16.9 Å². The third kappa shape index (κ3) is 8.60. The number of hydrogen-bond acceptors (Lipinski definition) is 9. The number of aliphatic hydroxyl groups is 1. The molecule has 3 saturated carbocycles. The minimum absolute atomic E-state index is 0.0491. The van der Waals surface area contributed by atoms with Crippen molar-refractivity contribution in [1.29, 1.82) is 0 Å². The standard InChI is InChI=1S/C42H56FN5O5S/c1-27-16-18-42-19-17-35(49)40(42)41(27,3)36(53-38(51)26-54-33-14-8-29(9-15-33)23-37(50)45-21-6-20-44)24-31(39(52)28(42)2)7-4-5-22-48-25-34(46-47-48)30-10-12-32(43)13-11-30/h8-15,25,27-28,31,36,39-40,52H,4-7,16-24,26,44H2,1-3H3,(H,45,50)/t27-,28+,31+,36+,39+,40+,41+,42+/m1/s1. The molecular weight excluding hydrogens is 706 g/mol. The van der Waals surface area contributed by atoms with Gasteiger partial charge >= 0.3 is 5.97 Å². The average Bonchev–Trinajstić information content (AvgIpc) is 3.78. The lowest BCUT2D eigenvalue weighted by molar-refractivity contribution is -0.199. The summed E-state index contributed by atoms with van der Waals surface area (Å²) in [4.78, 5) is 40.7. The van der Waals surface area contributed by atoms with Gasteiger partial charge in [0.15, 0.2) is 0 Å². The number of rotatable bonds is 15. The van der Waals surface area contributed by atoms with Crippen molar-refractivity contribution >= 4 is 29.4 Å². The number of aryl methyl sites for hydroxylation is 1. The van der Waals surface area contributed by atoms with Crippen LogP contribution in [0.4, 0.5) is 4.39 Å². The van der Waals surface area contributed by atoms with E-state index in [9.17, 15) is 23.9 Å². The van der Waals surface area contributed by atoms with Crippen LogP contribution in [-0.2, 0) is 32.1 Å². The zero-order valence-corrected chi connectivity index (χ0v) is 32.7. The fourth-order valence-corrected chi connectivity index (χ4v) is 10.5. The smallest absolute Gasteiger partial charge is 0.316 e. The van der Waals surface area contributed by atoms with Gasteiger partial charge in [0.25, 0.3) is 0 Å². The van der Waals surface area contributed by atoms with E-state index in [-0.39, 0.29) is 64.7 Å². The van der Waals surface area contributed by atoms with Crippen molar-refractivity contribution in [1.82, 2.24) is 20.3 Å². The SMILES string of the molecule is C[C@@H]1CC[C@@]23CCC(=O)[C@H]2[C@]1(C)[C@@H](OC(=O)CSc1ccc(CC(=O)NCCCN)cc1)C[C@H](CCCCn1cc(-c2ccc(F)cc2)nn1)[C@@H](O)[C@@H]3C. The Hall–Kier alpha value is -3.61. The van der Waals surface area contributed by atoms with E-state index in [1.54, 1.807) is 16.8 Å². The molecule has 8 atom stereocenters. The Balaban J connectivity index is 1.12. The van der Waals surface area contributed by atoms with Crippen LogP contribution in [0.5, 0.6) is 0 Å². The summed E-state index contributed by atoms with van der Waals surface area (Å²) < 4.78 is 21.7. The van der Waals surface area contributed by atoms with Gasteiger partial charge in [0.05, 0.1) is 24.5 Å². The summed E-state index contributed by atoms with van der Waals surface area (Å²) >= 11 is 1.39. The van der Waals surface area contributed by atoms with Gasteiger partial charge in [0.2, 0.25) is 5.91 Å². The number of benzene rings is 2. The number of amides is 1. The summed E-state index contributed by atoms with van der Waals surface area (Å²) in [6.45, 7) is 8.28. The Morgan fingerprint density at radius 3 is 2.59 bits per heavy atom. The van der Waals surface area contributed by atoms with Gasteiger partial charge in [0, 0.05) is 41.3 Å². The molecule has 54 heavy (non-hydrogen) atoms. The molecule has 0 aliphatic heterocycles. The van der Waals surface area contributed by atoms with Crippen molar-refractivity contribution in [3.63, 3.8) is 0 Å². The van der Waals surface area contributed by atoms with E-state index in [1.165, 1.54) is 23.9 Å². The predicted octanol–water partition coefficient (Wildman–Crippen LogP) is 6.38. The number of nitrogens with one attached hydrogen (secondary N) is 1. The van der Waals surface area contributed by atoms with Gasteiger partial charge in [-0.3, -0.25) is 19.1 Å². The third-order valence-corrected chi connectivity index (χ3v) is 14.1. The summed E-state index contributed by atoms with van der Waals surface area (Å²) in [5.41, 5.74) is 7.04. The molecule has 3 aliphatic rings. The number of carbonyl (C=O) groups is 3. The van der Waals surface area contributed by atoms with Gasteiger partial charge in [-0.25, -0.2) is 4.39 Å². The second-order valence-corrected chi connectivity index (χ2v) is 17.2. The number of nitrogens with zero attached hydrogens (tertiary/aromatic N) is 3. The predicted molar refractivity (Wildman–Crippen MR) is 207 cm³/mol. The van der Waals surface area contributed by atoms with E-state index in [0.717, 1.165) is 61.0 Å². The molecule has 0 unspecified atom stereocenters. The molecule has 0 spiro atoms. The number of carbonyl (C=O) groups excluding carboxylic acids is 3. The maximum atomic E-state index is 13.8. The molecule has 0 radical (unpaired) electrons. The number of aliphatic hydroxyl groups excluding tert-OH is 1. The van der Waals surface area contributed by atoms with Crippen molar-refractivity contribution in [2.24, 2.45) is 40.2 Å². The maximum Gasteiger partial charge on any atom is 0.316 e. The highest BCUT2D eigenvalue weighted by molar-refractivity contribution is 8.00. The van der Waals surface area contributed by atoms with E-state index in [2.05, 4.69) is 36.4 Å². The van der Waals surface area contributed by atoms with Crippen LogP contribution in [0, 0.1) is 40.3 Å². The number of unbranched alkanes of at least 4 members (excludes halogenated alkanes) is 1. The number of Topliss-reactive ketones (excluding diaryl/α,β-unsaturated/α-hetero) is 1. The Morgan fingerprint density at radius 1 is 1.09 bits per heavy atom. The van der Waals surface area contributed by atoms with Crippen LogP contribution < -0.4 is 11.1 Å². The van der Waals surface area contributed by atoms with Gasteiger partial charge in [-0.1, -0.05) is 44.5 Å². The maximum absolute atomic E-state index is 13.8. The first kappa shape index (κ1) is 40.1. The molecule has 10 nitrogen and oxygen atoms in total. The number of thioether (sulfide) groups is 1. The van der Waals surface area contributed by atoms with Crippen molar-refractivity contribution in [2.45, 2.75) is 109 Å². The normalized spacial score (nSPS) is 29.3. The second kappa shape index (κ2) is 17.5. The fraction of sp³-hybridized carbons (Fsp3) is 0.595. The summed E-state index contributed by atoms with van der Waals surface area (Å²) in [7, 11) is 0. The molecule has 1 heterocycles. The largest absolute Gasteiger partial charge is 0.461 e. The zero-order chi connectivity index (χ0) is 38.5. The first-order valence-electron chi connectivity index (χ1n) is 19.7. The fourth-order valence-electron chi connectivity index (χ4n) is 9.84. The van der Waals surface area contributed by atoms with Crippen LogP contribution in [0.2, 0.25) is 0 Å². The van der Waals surface area contributed by atoms with E-state index in [1.807, 2.05) is 30.5 Å². The summed E-state index contributed by atoms with van der Waals surface area (Å²) in [5, 5.41) is 23.5. The molecule has 3 fully saturated rings. The van der Waals surface area contributed by atoms with Crippen LogP contribution in [-0.4, -0.2) is 68.8 Å². The Morgan fingerprint density at radius 2 is 1.85 bits per heavy atom. The van der Waals surface area contributed by atoms with Gasteiger partial charge in [-0.2, -0.15) is 0 Å². The number of halogens is 1. The Bertz CT molecular complexity index is 1750. The molecule has 1 aromatic heterocycles. The van der Waals surface area contributed by atoms with E-state index in [4.69, 9.17) is 10.5 Å². The molecule has 1 amide bonds. The van der Waals surface area contributed by atoms with Gasteiger partial charge < -0.3 is 20.9 Å². The molecule has 4 N–H and O–H groups in total. The monoisotopic (exact) mass is 761 g/mol. The minimum atomic E-state index is -0.621. The topological polar surface area (TPSA) is 149 Å². The van der Waals surface area contributed by atoms with Crippen molar-refractivity contribution in [3.05, 3.63) is 66.1 Å². The average molecular weight is 762 g/mol. The van der Waals surface area contributed by atoms with E-state index >= 15 is 0 Å². The van der Waals surface area contributed by atoms with Crippen LogP contribution >= 0.6 is 11.8 Å². The first-order valence-corrected chi connectivity index (χ1v) is 20.7. The van der Waals surface area contributed by atoms with Crippen LogP contribution in [0.3, 0.4) is 0 Å². The minimum Gasteiger partial charge on any atom is -0.461 e. The lowest BCUT2D eigenvalue weighted by Crippen LogP contribution is -2.61. The first-order chi connectivity index (χ1) is 25.9. The molecule has 3 aromatic rings. The van der Waals surface area contributed by atoms with Gasteiger partial charge in [-0.05, 0) is 117 Å². The number of ketones is 1. The van der Waals surface area contributed by atoms with Crippen molar-refractivity contribution in [3.8, 4) is 11.3 Å². The zero-order valence-electron chi connectivity index (χ0n) is 31.8. The molecular formula is C42H56FN5O5S. The summed E-state index contributed by atoms with van der Waals surface area (Å²) in [5.74, 6) is -0.541. The van der Waals surface area contributed by atoms with Crippen LogP contribution in [0.1, 0.15) is 84.1 Å². The number of esters is 1. The molecule has 2 bridgehead atoms. The van der Waals surface area contributed by atoms with Crippen molar-refractivity contribution in [2.75, 3.05) is 18.8 Å². The molecule has 0 saturated heterocycles. The third-order valence-electron chi connectivity index (χ3n) is 13.1. The molecule has 2 aromatic carbocycles. The molecule has 12 heteroatoms. The lowest BCUT2D eigenvalue weighted by atomic mass is 9.45. The highest BCUT2D eigenvalue weighted by Crippen LogP contribution is 2.67. The number of aromatic nitrogens is 3. The number of ether oxygens (including phenoxy) is 1. The van der Waals surface area contributed by atoms with Crippen molar-refractivity contribution < 1.29 is 28.6 Å². The number of nitrogens with two attached hydrogens (primary N) is 1. The second-order valence-electron chi connectivity index (χ2n) is 16.2. The lowest BCUT2D eigenvalue weighted by Gasteiger charge is -2.60. The molecule has 292 valence electrons. The van der Waals surface area contributed by atoms with Gasteiger partial charge in [0.1, 0.15) is 23.4 Å². The highest BCUT2D eigenvalue weighted by Gasteiger charge is 2.67. The molecule has 3 aliphatic carbocycles. The van der Waals surface area contributed by atoms with Crippen LogP contribution in [0.25, 0.3) is 11.3 Å². The summed E-state index contributed by atoms with van der Waals surface area (Å²) in [6.07, 6.45) is 7.78. The summed E-state index contributed by atoms with van der Waals surface area (Å²) in [6, 6.07) is 13.8. The Kier molecular flexibility index (Phi) is 13.0. The van der Waals surface area contributed by atoms with E-state index in [0.29, 0.717) is 38.2 Å². The molecule has 6 rings (SSSR count). The number of hydrogen-bond donors (Lipinski definition) is 3. The Labute approximate surface area is 322 Å². The highest BCUT2D eigenvalue weighted by atomic mass is 32.2. The quantitative estimate of drug-likeness (QED) is 0.0911. The van der Waals surface area contributed by atoms with E-state index < -0.39 is 17.6 Å². The van der Waals surface area contributed by atoms with Crippen LogP contribution in [0.15, 0.2) is 59.6 Å².